The normalized spacial score (nSPS) is 10.7. The minimum Gasteiger partial charge on any atom is -0.365 e. The Morgan fingerprint density at radius 2 is 1.94 bits per heavy atom. The summed E-state index contributed by atoms with van der Waals surface area (Å²) in [6.07, 6.45) is 2.60. The van der Waals surface area contributed by atoms with Gasteiger partial charge < -0.3 is 5.32 Å². The Morgan fingerprint density at radius 3 is 2.61 bits per heavy atom. The minimum absolute atomic E-state index is 0.779. The zero-order chi connectivity index (χ0) is 13.1. The predicted octanol–water partition coefficient (Wildman–Crippen LogP) is 3.03. The average molecular weight is 262 g/mol. The number of thiazole rings is 1. The van der Waals surface area contributed by atoms with Crippen molar-refractivity contribution in [2.45, 2.75) is 40.7 Å². The number of aromatic nitrogens is 3. The second kappa shape index (κ2) is 5.44. The first kappa shape index (κ1) is 13.0. The van der Waals surface area contributed by atoms with Crippen molar-refractivity contribution >= 4 is 17.2 Å². The fourth-order valence-electron chi connectivity index (χ4n) is 1.68. The van der Waals surface area contributed by atoms with Crippen LogP contribution in [0.15, 0.2) is 6.33 Å². The van der Waals surface area contributed by atoms with Gasteiger partial charge in [-0.3, -0.25) is 0 Å². The summed E-state index contributed by atoms with van der Waals surface area (Å²) in [7, 11) is 0. The average Bonchev–Trinajstić information content (AvgIpc) is 2.72. The number of hydrogen-bond acceptors (Lipinski definition) is 5. The summed E-state index contributed by atoms with van der Waals surface area (Å²) in [5.74, 6) is 0.911. The van der Waals surface area contributed by atoms with Gasteiger partial charge in [-0.2, -0.15) is 0 Å². The van der Waals surface area contributed by atoms with Crippen LogP contribution in [0.1, 0.15) is 33.8 Å². The fraction of sp³-hybridized carbons (Fsp3) is 0.462. The van der Waals surface area contributed by atoms with Crippen LogP contribution in [-0.4, -0.2) is 15.0 Å². The van der Waals surface area contributed by atoms with Crippen molar-refractivity contribution in [1.82, 2.24) is 15.0 Å². The summed E-state index contributed by atoms with van der Waals surface area (Å²) < 4.78 is 0. The first-order chi connectivity index (χ1) is 8.61. The summed E-state index contributed by atoms with van der Waals surface area (Å²) in [5.41, 5.74) is 3.24. The third-order valence-electron chi connectivity index (χ3n) is 2.99. The molecule has 0 bridgehead atoms. The Bertz CT molecular complexity index is 548. The van der Waals surface area contributed by atoms with Crippen LogP contribution in [0.25, 0.3) is 0 Å². The maximum atomic E-state index is 4.53. The predicted molar refractivity (Wildman–Crippen MR) is 75.1 cm³/mol. The standard InChI is InChI=1S/C13H18N4S/c1-5-12-17-10(4)11(18-12)6-14-13-8(2)9(3)15-7-16-13/h7H,5-6H2,1-4H3,(H,14,15,16). The van der Waals surface area contributed by atoms with Crippen LogP contribution in [0.3, 0.4) is 0 Å². The van der Waals surface area contributed by atoms with Gasteiger partial charge in [-0.25, -0.2) is 15.0 Å². The SMILES string of the molecule is CCc1nc(C)c(CNc2ncnc(C)c2C)s1. The van der Waals surface area contributed by atoms with Gasteiger partial charge in [0.2, 0.25) is 0 Å². The zero-order valence-corrected chi connectivity index (χ0v) is 12.1. The van der Waals surface area contributed by atoms with Crippen LogP contribution in [0.4, 0.5) is 5.82 Å². The van der Waals surface area contributed by atoms with Gasteiger partial charge >= 0.3 is 0 Å². The van der Waals surface area contributed by atoms with E-state index in [9.17, 15) is 0 Å². The molecule has 0 spiro atoms. The number of nitrogens with one attached hydrogen (secondary N) is 1. The van der Waals surface area contributed by atoms with E-state index in [0.717, 1.165) is 35.7 Å². The first-order valence-corrected chi connectivity index (χ1v) is 6.90. The van der Waals surface area contributed by atoms with E-state index in [4.69, 9.17) is 0 Å². The molecule has 4 nitrogen and oxygen atoms in total. The zero-order valence-electron chi connectivity index (χ0n) is 11.2. The molecule has 0 aromatic carbocycles. The molecule has 0 saturated heterocycles. The van der Waals surface area contributed by atoms with E-state index in [2.05, 4.69) is 34.1 Å². The monoisotopic (exact) mass is 262 g/mol. The molecule has 5 heteroatoms. The summed E-state index contributed by atoms with van der Waals surface area (Å²) in [6.45, 7) is 9.00. The Labute approximate surface area is 112 Å². The molecule has 0 aliphatic heterocycles. The second-order valence-electron chi connectivity index (χ2n) is 4.26. The molecule has 0 fully saturated rings. The van der Waals surface area contributed by atoms with Crippen molar-refractivity contribution in [3.63, 3.8) is 0 Å². The molecule has 18 heavy (non-hydrogen) atoms. The van der Waals surface area contributed by atoms with Gasteiger partial charge in [0, 0.05) is 16.1 Å². The molecular formula is C13H18N4S. The number of aryl methyl sites for hydroxylation is 3. The van der Waals surface area contributed by atoms with Gasteiger partial charge in [0.15, 0.2) is 0 Å². The smallest absolute Gasteiger partial charge is 0.132 e. The van der Waals surface area contributed by atoms with E-state index in [-0.39, 0.29) is 0 Å². The van der Waals surface area contributed by atoms with Gasteiger partial charge in [0.05, 0.1) is 17.2 Å². The second-order valence-corrected chi connectivity index (χ2v) is 5.42. The molecule has 96 valence electrons. The lowest BCUT2D eigenvalue weighted by Gasteiger charge is -2.08. The Balaban J connectivity index is 2.11. The molecule has 2 aromatic heterocycles. The van der Waals surface area contributed by atoms with Crippen molar-refractivity contribution in [3.05, 3.63) is 33.2 Å². The summed E-state index contributed by atoms with van der Waals surface area (Å²) in [5, 5.41) is 4.56. The maximum absolute atomic E-state index is 4.53. The quantitative estimate of drug-likeness (QED) is 0.920. The lowest BCUT2D eigenvalue weighted by molar-refractivity contribution is 1.02. The van der Waals surface area contributed by atoms with Crippen LogP contribution >= 0.6 is 11.3 Å². The molecule has 1 N–H and O–H groups in total. The van der Waals surface area contributed by atoms with E-state index < -0.39 is 0 Å². The van der Waals surface area contributed by atoms with Gasteiger partial charge in [0.25, 0.3) is 0 Å². The lowest BCUT2D eigenvalue weighted by atomic mass is 10.2. The molecule has 0 saturated carbocycles. The number of rotatable bonds is 4. The largest absolute Gasteiger partial charge is 0.365 e. The number of hydrogen-bond donors (Lipinski definition) is 1. The lowest BCUT2D eigenvalue weighted by Crippen LogP contribution is -2.04. The van der Waals surface area contributed by atoms with Crippen LogP contribution in [-0.2, 0) is 13.0 Å². The Hall–Kier alpha value is -1.49. The Kier molecular flexibility index (Phi) is 3.91. The van der Waals surface area contributed by atoms with Crippen molar-refractivity contribution in [3.8, 4) is 0 Å². The van der Waals surface area contributed by atoms with Crippen LogP contribution in [0, 0.1) is 20.8 Å². The van der Waals surface area contributed by atoms with Crippen LogP contribution in [0.5, 0.6) is 0 Å². The van der Waals surface area contributed by atoms with E-state index in [0.29, 0.717) is 0 Å². The van der Waals surface area contributed by atoms with Gasteiger partial charge in [0.1, 0.15) is 12.1 Å². The highest BCUT2D eigenvalue weighted by Gasteiger charge is 2.08. The minimum atomic E-state index is 0.779. The van der Waals surface area contributed by atoms with Gasteiger partial charge in [-0.15, -0.1) is 11.3 Å². The number of nitrogens with zero attached hydrogens (tertiary/aromatic N) is 3. The topological polar surface area (TPSA) is 50.7 Å². The summed E-state index contributed by atoms with van der Waals surface area (Å²) >= 11 is 1.77. The molecule has 0 amide bonds. The van der Waals surface area contributed by atoms with Crippen LogP contribution < -0.4 is 5.32 Å². The highest BCUT2D eigenvalue weighted by molar-refractivity contribution is 7.11. The van der Waals surface area contributed by atoms with Gasteiger partial charge in [-0.05, 0) is 27.2 Å². The van der Waals surface area contributed by atoms with Crippen molar-refractivity contribution in [1.29, 1.82) is 0 Å². The third kappa shape index (κ3) is 2.67. The van der Waals surface area contributed by atoms with E-state index in [1.807, 2.05) is 13.8 Å². The van der Waals surface area contributed by atoms with E-state index in [1.54, 1.807) is 17.7 Å². The van der Waals surface area contributed by atoms with Crippen molar-refractivity contribution in [2.24, 2.45) is 0 Å². The van der Waals surface area contributed by atoms with Crippen LogP contribution in [0.2, 0.25) is 0 Å². The fourth-order valence-corrected chi connectivity index (χ4v) is 2.63. The first-order valence-electron chi connectivity index (χ1n) is 6.09. The molecule has 0 aliphatic carbocycles. The van der Waals surface area contributed by atoms with E-state index >= 15 is 0 Å². The number of anilines is 1. The van der Waals surface area contributed by atoms with Gasteiger partial charge in [-0.1, -0.05) is 6.92 Å². The third-order valence-corrected chi connectivity index (χ3v) is 4.29. The molecule has 0 atom stereocenters. The molecule has 2 heterocycles. The molecule has 0 aliphatic rings. The molecule has 0 radical (unpaired) electrons. The van der Waals surface area contributed by atoms with E-state index in [1.165, 1.54) is 9.88 Å². The van der Waals surface area contributed by atoms with Crippen molar-refractivity contribution in [2.75, 3.05) is 5.32 Å². The molecule has 0 unspecified atom stereocenters. The summed E-state index contributed by atoms with van der Waals surface area (Å²) in [6, 6.07) is 0. The highest BCUT2D eigenvalue weighted by atomic mass is 32.1. The summed E-state index contributed by atoms with van der Waals surface area (Å²) in [4.78, 5) is 14.2. The maximum Gasteiger partial charge on any atom is 0.132 e. The molecule has 2 rings (SSSR count). The molecule has 2 aromatic rings. The highest BCUT2D eigenvalue weighted by Crippen LogP contribution is 2.20. The van der Waals surface area contributed by atoms with Crippen molar-refractivity contribution < 1.29 is 0 Å². The Morgan fingerprint density at radius 1 is 1.17 bits per heavy atom. The molecular weight excluding hydrogens is 244 g/mol.